The molecule has 2 aromatic rings. The molecule has 0 aliphatic carbocycles. The zero-order chi connectivity index (χ0) is 22.6. The average molecular weight is 484 g/mol. The topological polar surface area (TPSA) is 78.5 Å². The van der Waals surface area contributed by atoms with Crippen molar-refractivity contribution in [3.8, 4) is 0 Å². The standard InChI is InChI=1S/C22H30ClN3O3S2/c1-15(2)25-31(28,29)17-6-7-19(23)18(13-17)22(27)24-14-20(21-5-4-12-30-21)26-10-8-16(3)9-11-26/h4-7,12-13,15-16,20,25H,8-11,14H2,1-3H3,(H,24,27). The van der Waals surface area contributed by atoms with Gasteiger partial charge >= 0.3 is 0 Å². The highest BCUT2D eigenvalue weighted by atomic mass is 35.5. The molecule has 9 heteroatoms. The van der Waals surface area contributed by atoms with Gasteiger partial charge in [-0.3, -0.25) is 9.69 Å². The van der Waals surface area contributed by atoms with E-state index < -0.39 is 10.0 Å². The second-order valence-electron chi connectivity index (χ2n) is 8.38. The molecule has 0 bridgehead atoms. The number of carbonyl (C=O) groups excluding carboxylic acids is 1. The Morgan fingerprint density at radius 1 is 1.26 bits per heavy atom. The molecule has 1 aromatic heterocycles. The second-order valence-corrected chi connectivity index (χ2v) is 11.5. The van der Waals surface area contributed by atoms with Crippen LogP contribution in [0, 0.1) is 5.92 Å². The molecule has 3 rings (SSSR count). The summed E-state index contributed by atoms with van der Waals surface area (Å²) >= 11 is 7.92. The van der Waals surface area contributed by atoms with Crippen molar-refractivity contribution >= 4 is 38.9 Å². The van der Waals surface area contributed by atoms with E-state index in [1.165, 1.54) is 23.1 Å². The summed E-state index contributed by atoms with van der Waals surface area (Å²) in [6.07, 6.45) is 2.29. The molecule has 0 radical (unpaired) electrons. The monoisotopic (exact) mass is 483 g/mol. The molecule has 0 saturated carbocycles. The van der Waals surface area contributed by atoms with Gasteiger partial charge in [-0.05, 0) is 75.3 Å². The highest BCUT2D eigenvalue weighted by Crippen LogP contribution is 2.29. The van der Waals surface area contributed by atoms with Gasteiger partial charge < -0.3 is 5.32 Å². The Hall–Kier alpha value is -1.45. The average Bonchev–Trinajstić information content (AvgIpc) is 3.23. The van der Waals surface area contributed by atoms with Gasteiger partial charge in [0.05, 0.1) is 21.5 Å². The summed E-state index contributed by atoms with van der Waals surface area (Å²) in [6, 6.07) is 8.15. The summed E-state index contributed by atoms with van der Waals surface area (Å²) in [7, 11) is -3.72. The van der Waals surface area contributed by atoms with Gasteiger partial charge in [-0.2, -0.15) is 0 Å². The third kappa shape index (κ3) is 6.29. The fourth-order valence-electron chi connectivity index (χ4n) is 3.74. The largest absolute Gasteiger partial charge is 0.350 e. The van der Waals surface area contributed by atoms with Crippen LogP contribution in [0.2, 0.25) is 5.02 Å². The Balaban J connectivity index is 1.76. The summed E-state index contributed by atoms with van der Waals surface area (Å²) < 4.78 is 27.5. The fraction of sp³-hybridized carbons (Fsp3) is 0.500. The minimum absolute atomic E-state index is 0.0237. The minimum Gasteiger partial charge on any atom is -0.350 e. The number of carbonyl (C=O) groups is 1. The molecule has 1 amide bonds. The maximum atomic E-state index is 12.9. The summed E-state index contributed by atoms with van der Waals surface area (Å²) in [6.45, 7) is 8.19. The van der Waals surface area contributed by atoms with Gasteiger partial charge in [0.1, 0.15) is 0 Å². The Morgan fingerprint density at radius 3 is 2.58 bits per heavy atom. The maximum absolute atomic E-state index is 12.9. The number of hydrogen-bond donors (Lipinski definition) is 2. The molecular weight excluding hydrogens is 454 g/mol. The van der Waals surface area contributed by atoms with Crippen LogP contribution in [-0.2, 0) is 10.0 Å². The van der Waals surface area contributed by atoms with E-state index in [0.29, 0.717) is 6.54 Å². The summed E-state index contributed by atoms with van der Waals surface area (Å²) in [5.41, 5.74) is 0.158. The molecule has 170 valence electrons. The lowest BCUT2D eigenvalue weighted by Gasteiger charge is -2.36. The number of nitrogens with zero attached hydrogens (tertiary/aromatic N) is 1. The van der Waals surface area contributed by atoms with E-state index >= 15 is 0 Å². The molecular formula is C22H30ClN3O3S2. The number of hydrogen-bond acceptors (Lipinski definition) is 5. The van der Waals surface area contributed by atoms with E-state index in [4.69, 9.17) is 11.6 Å². The first-order chi connectivity index (χ1) is 14.7. The Bertz CT molecular complexity index is 985. The molecule has 1 aliphatic rings. The first kappa shape index (κ1) is 24.2. The maximum Gasteiger partial charge on any atom is 0.252 e. The normalized spacial score (nSPS) is 17.1. The predicted octanol–water partition coefficient (Wildman–Crippen LogP) is 4.29. The number of nitrogens with one attached hydrogen (secondary N) is 2. The second kappa shape index (κ2) is 10.4. The van der Waals surface area contributed by atoms with Crippen molar-refractivity contribution in [1.82, 2.24) is 14.9 Å². The van der Waals surface area contributed by atoms with Gasteiger partial charge in [-0.15, -0.1) is 11.3 Å². The van der Waals surface area contributed by atoms with Crippen LogP contribution in [0.4, 0.5) is 0 Å². The summed E-state index contributed by atoms with van der Waals surface area (Å²) in [4.78, 5) is 16.6. The molecule has 2 heterocycles. The molecule has 1 aliphatic heterocycles. The fourth-order valence-corrected chi connectivity index (χ4v) is 6.08. The third-order valence-corrected chi connectivity index (χ3v) is 8.43. The molecule has 1 atom stereocenters. The van der Waals surface area contributed by atoms with E-state index in [9.17, 15) is 13.2 Å². The van der Waals surface area contributed by atoms with Crippen molar-refractivity contribution in [3.05, 3.63) is 51.2 Å². The molecule has 1 aromatic carbocycles. The first-order valence-electron chi connectivity index (χ1n) is 10.5. The smallest absolute Gasteiger partial charge is 0.252 e. The SMILES string of the molecule is CC1CCN(C(CNC(=O)c2cc(S(=O)(=O)NC(C)C)ccc2Cl)c2cccs2)CC1. The van der Waals surface area contributed by atoms with E-state index in [1.807, 2.05) is 11.4 Å². The molecule has 1 unspecified atom stereocenters. The Morgan fingerprint density at radius 2 is 1.97 bits per heavy atom. The van der Waals surface area contributed by atoms with Crippen LogP contribution in [0.1, 0.15) is 54.9 Å². The highest BCUT2D eigenvalue weighted by Gasteiger charge is 2.26. The highest BCUT2D eigenvalue weighted by molar-refractivity contribution is 7.89. The van der Waals surface area contributed by atoms with Crippen LogP contribution >= 0.6 is 22.9 Å². The number of likely N-dealkylation sites (tertiary alicyclic amines) is 1. The molecule has 1 saturated heterocycles. The number of rotatable bonds is 8. The van der Waals surface area contributed by atoms with Crippen molar-refractivity contribution < 1.29 is 13.2 Å². The van der Waals surface area contributed by atoms with E-state index in [0.717, 1.165) is 31.8 Å². The summed E-state index contributed by atoms with van der Waals surface area (Å²) in [5, 5.41) is 5.25. The molecule has 6 nitrogen and oxygen atoms in total. The van der Waals surface area contributed by atoms with Gasteiger partial charge in [0, 0.05) is 17.5 Å². The zero-order valence-corrected chi connectivity index (χ0v) is 20.5. The van der Waals surface area contributed by atoms with Crippen LogP contribution in [0.15, 0.2) is 40.6 Å². The minimum atomic E-state index is -3.72. The van der Waals surface area contributed by atoms with Crippen LogP contribution in [0.25, 0.3) is 0 Å². The molecule has 1 fully saturated rings. The Kier molecular flexibility index (Phi) is 8.15. The number of amides is 1. The van der Waals surface area contributed by atoms with Crippen molar-refractivity contribution in [2.24, 2.45) is 5.92 Å². The van der Waals surface area contributed by atoms with Gasteiger partial charge in [0.2, 0.25) is 10.0 Å². The quantitative estimate of drug-likeness (QED) is 0.587. The van der Waals surface area contributed by atoms with E-state index in [2.05, 4.69) is 27.9 Å². The van der Waals surface area contributed by atoms with E-state index in [-0.39, 0.29) is 33.5 Å². The summed E-state index contributed by atoms with van der Waals surface area (Å²) in [5.74, 6) is 0.344. The molecule has 0 spiro atoms. The van der Waals surface area contributed by atoms with Gasteiger partial charge in [0.25, 0.3) is 5.91 Å². The van der Waals surface area contributed by atoms with Gasteiger partial charge in [-0.1, -0.05) is 24.6 Å². The number of piperidine rings is 1. The van der Waals surface area contributed by atoms with E-state index in [1.54, 1.807) is 25.2 Å². The zero-order valence-electron chi connectivity index (χ0n) is 18.1. The van der Waals surface area contributed by atoms with Crippen LogP contribution in [0.3, 0.4) is 0 Å². The van der Waals surface area contributed by atoms with Crippen LogP contribution in [0.5, 0.6) is 0 Å². The van der Waals surface area contributed by atoms with Gasteiger partial charge in [-0.25, -0.2) is 13.1 Å². The number of sulfonamides is 1. The van der Waals surface area contributed by atoms with Crippen molar-refractivity contribution in [2.75, 3.05) is 19.6 Å². The Labute approximate surface area is 194 Å². The predicted molar refractivity (Wildman–Crippen MR) is 126 cm³/mol. The van der Waals surface area contributed by atoms with Crippen LogP contribution in [-0.4, -0.2) is 44.9 Å². The van der Waals surface area contributed by atoms with Crippen LogP contribution < -0.4 is 10.0 Å². The lowest BCUT2D eigenvalue weighted by atomic mass is 9.97. The van der Waals surface area contributed by atoms with Crippen molar-refractivity contribution in [3.63, 3.8) is 0 Å². The number of benzene rings is 1. The van der Waals surface area contributed by atoms with Crippen molar-refractivity contribution in [1.29, 1.82) is 0 Å². The van der Waals surface area contributed by atoms with Crippen molar-refractivity contribution in [2.45, 2.75) is 50.6 Å². The lowest BCUT2D eigenvalue weighted by Crippen LogP contribution is -2.41. The molecule has 31 heavy (non-hydrogen) atoms. The number of thiophene rings is 1. The number of halogens is 1. The first-order valence-corrected chi connectivity index (χ1v) is 13.3. The third-order valence-electron chi connectivity index (χ3n) is 5.47. The van der Waals surface area contributed by atoms with Gasteiger partial charge in [0.15, 0.2) is 0 Å². The lowest BCUT2D eigenvalue weighted by molar-refractivity contribution is 0.0915. The molecule has 2 N–H and O–H groups in total.